The fraction of sp³-hybridized carbons (Fsp3) is 0.250. The van der Waals surface area contributed by atoms with Gasteiger partial charge < -0.3 is 19.2 Å². The van der Waals surface area contributed by atoms with E-state index in [0.29, 0.717) is 22.9 Å². The molecule has 0 atom stereocenters. The van der Waals surface area contributed by atoms with Gasteiger partial charge in [-0.3, -0.25) is 4.57 Å². The molecule has 1 aromatic heterocycles. The number of nitrogens with one attached hydrogen (secondary N) is 1. The molecule has 0 aliphatic carbocycles. The van der Waals surface area contributed by atoms with Crippen molar-refractivity contribution in [1.82, 2.24) is 9.55 Å². The summed E-state index contributed by atoms with van der Waals surface area (Å²) in [5.74, 6) is 1.49. The van der Waals surface area contributed by atoms with Crippen LogP contribution in [0.1, 0.15) is 0 Å². The lowest BCUT2D eigenvalue weighted by molar-refractivity contribution is 0.324. The smallest absolute Gasteiger partial charge is 0.330 e. The van der Waals surface area contributed by atoms with Gasteiger partial charge in [-0.25, -0.2) is 4.79 Å². The summed E-state index contributed by atoms with van der Waals surface area (Å²) in [7, 11) is 4.59. The van der Waals surface area contributed by atoms with Crippen LogP contribution in [0.2, 0.25) is 0 Å². The molecule has 18 heavy (non-hydrogen) atoms. The normalized spacial score (nSPS) is 10.2. The predicted octanol–water partition coefficient (Wildman–Crippen LogP) is 1.19. The third-order valence-corrected chi connectivity index (χ3v) is 2.58. The molecule has 6 heteroatoms. The minimum Gasteiger partial charge on any atom is -0.493 e. The number of aromatic nitrogens is 2. The minimum absolute atomic E-state index is 0.232. The first-order valence-corrected chi connectivity index (χ1v) is 5.27. The van der Waals surface area contributed by atoms with Crippen LogP contribution in [0.15, 0.2) is 29.3 Å². The van der Waals surface area contributed by atoms with Gasteiger partial charge in [-0.2, -0.15) is 0 Å². The van der Waals surface area contributed by atoms with Crippen molar-refractivity contribution < 1.29 is 14.2 Å². The van der Waals surface area contributed by atoms with Crippen LogP contribution in [0.4, 0.5) is 0 Å². The van der Waals surface area contributed by atoms with E-state index in [2.05, 4.69) is 4.98 Å². The van der Waals surface area contributed by atoms with Crippen LogP contribution in [-0.4, -0.2) is 30.9 Å². The van der Waals surface area contributed by atoms with Gasteiger partial charge in [0, 0.05) is 24.5 Å². The zero-order valence-corrected chi connectivity index (χ0v) is 10.4. The van der Waals surface area contributed by atoms with E-state index < -0.39 is 0 Å². The molecular weight excluding hydrogens is 236 g/mol. The Morgan fingerprint density at radius 2 is 1.67 bits per heavy atom. The van der Waals surface area contributed by atoms with Crippen molar-refractivity contribution in [3.63, 3.8) is 0 Å². The van der Waals surface area contributed by atoms with Crippen molar-refractivity contribution in [2.24, 2.45) is 0 Å². The van der Waals surface area contributed by atoms with Gasteiger partial charge in [0.1, 0.15) is 0 Å². The lowest BCUT2D eigenvalue weighted by atomic mass is 10.2. The van der Waals surface area contributed by atoms with Gasteiger partial charge in [-0.05, 0) is 0 Å². The van der Waals surface area contributed by atoms with Crippen molar-refractivity contribution in [1.29, 1.82) is 0 Å². The Kier molecular flexibility index (Phi) is 3.27. The van der Waals surface area contributed by atoms with Gasteiger partial charge in [0.2, 0.25) is 5.75 Å². The van der Waals surface area contributed by atoms with E-state index in [9.17, 15) is 4.79 Å². The topological polar surface area (TPSA) is 65.5 Å². The van der Waals surface area contributed by atoms with Crippen LogP contribution in [0.5, 0.6) is 17.2 Å². The molecule has 96 valence electrons. The lowest BCUT2D eigenvalue weighted by Crippen LogP contribution is -2.14. The maximum absolute atomic E-state index is 11.6. The molecule has 2 aromatic rings. The highest BCUT2D eigenvalue weighted by Crippen LogP contribution is 2.38. The van der Waals surface area contributed by atoms with Crippen LogP contribution in [0.3, 0.4) is 0 Å². The SMILES string of the molecule is COc1cc(-n2cc[nH]c2=O)cc(OC)c1OC. The molecule has 1 aromatic carbocycles. The second kappa shape index (κ2) is 4.87. The molecule has 0 unspecified atom stereocenters. The van der Waals surface area contributed by atoms with Gasteiger partial charge in [0.05, 0.1) is 27.0 Å². The Labute approximate surface area is 104 Å². The maximum atomic E-state index is 11.6. The van der Waals surface area contributed by atoms with E-state index >= 15 is 0 Å². The highest BCUT2D eigenvalue weighted by Gasteiger charge is 2.14. The number of hydrogen-bond donors (Lipinski definition) is 1. The molecule has 0 spiro atoms. The average Bonchev–Trinajstić information content (AvgIpc) is 2.83. The van der Waals surface area contributed by atoms with Crippen LogP contribution in [0, 0.1) is 0 Å². The third-order valence-electron chi connectivity index (χ3n) is 2.58. The van der Waals surface area contributed by atoms with Crippen LogP contribution >= 0.6 is 0 Å². The minimum atomic E-state index is -0.232. The molecule has 1 N–H and O–H groups in total. The number of imidazole rings is 1. The number of rotatable bonds is 4. The first-order chi connectivity index (χ1) is 8.71. The van der Waals surface area contributed by atoms with Crippen molar-refractivity contribution in [3.05, 3.63) is 35.0 Å². The molecular formula is C12H14N2O4. The van der Waals surface area contributed by atoms with E-state index in [1.54, 1.807) is 24.5 Å². The van der Waals surface area contributed by atoms with Crippen molar-refractivity contribution in [2.45, 2.75) is 0 Å². The highest BCUT2D eigenvalue weighted by molar-refractivity contribution is 5.58. The summed E-state index contributed by atoms with van der Waals surface area (Å²) < 4.78 is 17.1. The molecule has 0 aliphatic heterocycles. The number of ether oxygens (including phenoxy) is 3. The quantitative estimate of drug-likeness (QED) is 0.885. The fourth-order valence-corrected chi connectivity index (χ4v) is 1.73. The van der Waals surface area contributed by atoms with Crippen molar-refractivity contribution >= 4 is 0 Å². The number of hydrogen-bond acceptors (Lipinski definition) is 4. The number of nitrogens with zero attached hydrogens (tertiary/aromatic N) is 1. The molecule has 6 nitrogen and oxygen atoms in total. The molecule has 2 rings (SSSR count). The summed E-state index contributed by atoms with van der Waals surface area (Å²) in [6.45, 7) is 0. The largest absolute Gasteiger partial charge is 0.493 e. The highest BCUT2D eigenvalue weighted by atomic mass is 16.5. The second-order valence-electron chi connectivity index (χ2n) is 3.52. The zero-order chi connectivity index (χ0) is 13.1. The van der Waals surface area contributed by atoms with Crippen LogP contribution in [0.25, 0.3) is 5.69 Å². The van der Waals surface area contributed by atoms with Gasteiger partial charge in [0.15, 0.2) is 11.5 Å². The van der Waals surface area contributed by atoms with E-state index in [0.717, 1.165) is 0 Å². The lowest BCUT2D eigenvalue weighted by Gasteiger charge is -2.14. The Hall–Kier alpha value is -2.37. The first kappa shape index (κ1) is 12.1. The Morgan fingerprint density at radius 3 is 2.06 bits per heavy atom. The predicted molar refractivity (Wildman–Crippen MR) is 66.0 cm³/mol. The molecule has 0 amide bonds. The summed E-state index contributed by atoms with van der Waals surface area (Å²) >= 11 is 0. The third kappa shape index (κ3) is 1.92. The Bertz CT molecular complexity index is 575. The summed E-state index contributed by atoms with van der Waals surface area (Å²) in [6.07, 6.45) is 3.19. The number of H-pyrrole nitrogens is 1. The molecule has 0 fully saturated rings. The van der Waals surface area contributed by atoms with Gasteiger partial charge >= 0.3 is 5.69 Å². The zero-order valence-electron chi connectivity index (χ0n) is 10.4. The van der Waals surface area contributed by atoms with Gasteiger partial charge in [-0.15, -0.1) is 0 Å². The molecule has 0 aliphatic rings. The van der Waals surface area contributed by atoms with E-state index in [4.69, 9.17) is 14.2 Å². The van der Waals surface area contributed by atoms with Crippen LogP contribution in [-0.2, 0) is 0 Å². The van der Waals surface area contributed by atoms with Crippen molar-refractivity contribution in [2.75, 3.05) is 21.3 Å². The summed E-state index contributed by atoms with van der Waals surface area (Å²) in [4.78, 5) is 14.1. The fourth-order valence-electron chi connectivity index (χ4n) is 1.73. The summed E-state index contributed by atoms with van der Waals surface area (Å²) in [5.41, 5.74) is 0.403. The second-order valence-corrected chi connectivity index (χ2v) is 3.52. The standard InChI is InChI=1S/C12H14N2O4/c1-16-9-6-8(14-5-4-13-12(14)15)7-10(17-2)11(9)18-3/h4-7H,1-3H3,(H,13,15). The Balaban J connectivity index is 2.64. The number of aromatic amines is 1. The molecule has 0 bridgehead atoms. The van der Waals surface area contributed by atoms with Crippen LogP contribution < -0.4 is 19.9 Å². The first-order valence-electron chi connectivity index (χ1n) is 5.27. The average molecular weight is 250 g/mol. The molecule has 1 heterocycles. The van der Waals surface area contributed by atoms with Gasteiger partial charge in [-0.1, -0.05) is 0 Å². The van der Waals surface area contributed by atoms with E-state index in [-0.39, 0.29) is 5.69 Å². The molecule has 0 saturated heterocycles. The summed E-state index contributed by atoms with van der Waals surface area (Å²) in [5, 5.41) is 0. The maximum Gasteiger partial charge on any atom is 0.330 e. The molecule has 0 saturated carbocycles. The number of methoxy groups -OCH3 is 3. The van der Waals surface area contributed by atoms with E-state index in [1.807, 2.05) is 0 Å². The summed E-state index contributed by atoms with van der Waals surface area (Å²) in [6, 6.07) is 3.41. The van der Waals surface area contributed by atoms with E-state index in [1.165, 1.54) is 25.9 Å². The molecule has 0 radical (unpaired) electrons. The Morgan fingerprint density at radius 1 is 1.06 bits per heavy atom. The monoisotopic (exact) mass is 250 g/mol. The van der Waals surface area contributed by atoms with Gasteiger partial charge in [0.25, 0.3) is 0 Å². The number of benzene rings is 1. The van der Waals surface area contributed by atoms with Crippen molar-refractivity contribution in [3.8, 4) is 22.9 Å².